The lowest BCUT2D eigenvalue weighted by molar-refractivity contribution is 0.483. The molecule has 0 radical (unpaired) electrons. The minimum Gasteiger partial charge on any atom is -0.457 e. The molecular weight excluding hydrogens is 387 g/mol. The number of fused-ring (bicyclic) bond motifs is 1. The molecule has 0 N–H and O–H groups in total. The summed E-state index contributed by atoms with van der Waals surface area (Å²) in [5.41, 5.74) is 1.21. The van der Waals surface area contributed by atoms with E-state index in [0.717, 1.165) is 5.56 Å². The van der Waals surface area contributed by atoms with Crippen molar-refractivity contribution in [2.24, 2.45) is 0 Å². The smallest absolute Gasteiger partial charge is 0.278 e. The highest BCUT2D eigenvalue weighted by molar-refractivity contribution is 6.30. The lowest BCUT2D eigenvalue weighted by Gasteiger charge is -2.08. The second-order valence-electron chi connectivity index (χ2n) is 5.64. The van der Waals surface area contributed by atoms with Crippen molar-refractivity contribution in [2.75, 3.05) is 0 Å². The van der Waals surface area contributed by atoms with Gasteiger partial charge in [0.1, 0.15) is 17.0 Å². The van der Waals surface area contributed by atoms with Gasteiger partial charge in [0, 0.05) is 17.4 Å². The van der Waals surface area contributed by atoms with E-state index < -0.39 is 0 Å². The molecule has 2 heterocycles. The minimum atomic E-state index is -0.228. The third kappa shape index (κ3) is 4.24. The Hall–Kier alpha value is -2.96. The fourth-order valence-electron chi connectivity index (χ4n) is 2.52. The average molecular weight is 401 g/mol. The Morgan fingerprint density at radius 3 is 2.41 bits per heavy atom. The molecule has 0 atom stereocenters. The Labute approximate surface area is 165 Å². The summed E-state index contributed by atoms with van der Waals surface area (Å²) in [6.07, 6.45) is 3.35. The molecule has 2 aromatic heterocycles. The normalized spacial score (nSPS) is 10.4. The van der Waals surface area contributed by atoms with Crippen LogP contribution in [0.2, 0.25) is 5.02 Å². The summed E-state index contributed by atoms with van der Waals surface area (Å²) >= 11 is 5.88. The Balaban J connectivity index is 0.00000210. The van der Waals surface area contributed by atoms with Crippen molar-refractivity contribution in [3.63, 3.8) is 0 Å². The molecule has 4 rings (SSSR count). The third-order valence-electron chi connectivity index (χ3n) is 3.82. The van der Waals surface area contributed by atoms with Crippen molar-refractivity contribution in [1.29, 1.82) is 0 Å². The van der Waals surface area contributed by atoms with Gasteiger partial charge in [0.15, 0.2) is 0 Å². The summed E-state index contributed by atoms with van der Waals surface area (Å²) in [7, 11) is 0. The SMILES string of the molecule is Cl.O=c1c2cc(Oc3ccc(Cl)cc3)ccc2nnn1Cc1ccncc1. The third-order valence-corrected chi connectivity index (χ3v) is 4.08. The van der Waals surface area contributed by atoms with Gasteiger partial charge in [-0.2, -0.15) is 0 Å². The van der Waals surface area contributed by atoms with Gasteiger partial charge in [-0.1, -0.05) is 16.8 Å². The largest absolute Gasteiger partial charge is 0.457 e. The standard InChI is InChI=1S/C19H13ClN4O2.ClH/c20-14-1-3-15(4-2-14)26-16-5-6-18-17(11-16)19(25)24(23-22-18)12-13-7-9-21-10-8-13;/h1-11H,12H2;1H. The van der Waals surface area contributed by atoms with Crippen LogP contribution in [0.1, 0.15) is 5.56 Å². The van der Waals surface area contributed by atoms with Gasteiger partial charge < -0.3 is 4.74 Å². The van der Waals surface area contributed by atoms with Crippen LogP contribution in [-0.2, 0) is 6.54 Å². The van der Waals surface area contributed by atoms with E-state index >= 15 is 0 Å². The first-order valence-corrected chi connectivity index (χ1v) is 8.27. The summed E-state index contributed by atoms with van der Waals surface area (Å²) < 4.78 is 7.11. The van der Waals surface area contributed by atoms with Crippen LogP contribution in [0.3, 0.4) is 0 Å². The number of aromatic nitrogens is 4. The number of nitrogens with zero attached hydrogens (tertiary/aromatic N) is 4. The number of benzene rings is 2. The first kappa shape index (κ1) is 18.8. The molecule has 0 aliphatic heterocycles. The van der Waals surface area contributed by atoms with Crippen molar-refractivity contribution in [1.82, 2.24) is 20.0 Å². The summed E-state index contributed by atoms with van der Waals surface area (Å²) in [6.45, 7) is 0.326. The van der Waals surface area contributed by atoms with E-state index in [-0.39, 0.29) is 18.0 Å². The van der Waals surface area contributed by atoms with Crippen LogP contribution in [0.5, 0.6) is 11.5 Å². The highest BCUT2D eigenvalue weighted by Gasteiger charge is 2.08. The van der Waals surface area contributed by atoms with Crippen molar-refractivity contribution >= 4 is 34.9 Å². The molecule has 0 saturated carbocycles. The Kier molecular flexibility index (Phi) is 5.69. The molecule has 0 saturated heterocycles. The van der Waals surface area contributed by atoms with Crippen LogP contribution < -0.4 is 10.3 Å². The topological polar surface area (TPSA) is 69.9 Å². The van der Waals surface area contributed by atoms with E-state index in [1.54, 1.807) is 54.9 Å². The number of ether oxygens (including phenoxy) is 1. The van der Waals surface area contributed by atoms with Crippen molar-refractivity contribution in [3.8, 4) is 11.5 Å². The van der Waals surface area contributed by atoms with Gasteiger partial charge in [-0.25, -0.2) is 4.68 Å². The van der Waals surface area contributed by atoms with Crippen molar-refractivity contribution in [3.05, 3.63) is 87.9 Å². The predicted octanol–water partition coefficient (Wildman–Crippen LogP) is 4.10. The molecule has 6 nitrogen and oxygen atoms in total. The van der Waals surface area contributed by atoms with Gasteiger partial charge in [0.05, 0.1) is 11.9 Å². The molecule has 0 unspecified atom stereocenters. The fourth-order valence-corrected chi connectivity index (χ4v) is 2.65. The molecule has 0 bridgehead atoms. The minimum absolute atomic E-state index is 0. The second-order valence-corrected chi connectivity index (χ2v) is 6.08. The summed E-state index contributed by atoms with van der Waals surface area (Å²) in [4.78, 5) is 16.7. The number of hydrogen-bond donors (Lipinski definition) is 0. The molecule has 0 fully saturated rings. The van der Waals surface area contributed by atoms with E-state index in [1.165, 1.54) is 4.68 Å². The number of halogens is 2. The summed E-state index contributed by atoms with van der Waals surface area (Å²) in [5, 5.41) is 9.20. The first-order valence-electron chi connectivity index (χ1n) is 7.89. The van der Waals surface area contributed by atoms with Gasteiger partial charge >= 0.3 is 0 Å². The van der Waals surface area contributed by atoms with Crippen LogP contribution in [0.4, 0.5) is 0 Å². The zero-order valence-electron chi connectivity index (χ0n) is 13.9. The zero-order chi connectivity index (χ0) is 17.9. The molecule has 4 aromatic rings. The van der Waals surface area contributed by atoms with Gasteiger partial charge in [0.2, 0.25) is 0 Å². The summed E-state index contributed by atoms with van der Waals surface area (Å²) in [6, 6.07) is 15.8. The molecule has 0 amide bonds. The van der Waals surface area contributed by atoms with Gasteiger partial charge in [-0.3, -0.25) is 9.78 Å². The van der Waals surface area contributed by atoms with Crippen molar-refractivity contribution in [2.45, 2.75) is 6.54 Å². The van der Waals surface area contributed by atoms with E-state index in [0.29, 0.717) is 34.0 Å². The molecule has 27 heavy (non-hydrogen) atoms. The van der Waals surface area contributed by atoms with Crippen molar-refractivity contribution < 1.29 is 4.74 Å². The number of hydrogen-bond acceptors (Lipinski definition) is 5. The lowest BCUT2D eigenvalue weighted by atomic mass is 10.2. The Bertz CT molecular complexity index is 1120. The molecule has 8 heteroatoms. The van der Waals surface area contributed by atoms with Gasteiger partial charge in [-0.15, -0.1) is 17.5 Å². The molecule has 0 spiro atoms. The molecule has 136 valence electrons. The van der Waals surface area contributed by atoms with Crippen LogP contribution >= 0.6 is 24.0 Å². The van der Waals surface area contributed by atoms with Crippen LogP contribution in [0, 0.1) is 0 Å². The highest BCUT2D eigenvalue weighted by Crippen LogP contribution is 2.24. The van der Waals surface area contributed by atoms with Gasteiger partial charge in [0.25, 0.3) is 5.56 Å². The maximum Gasteiger partial charge on any atom is 0.278 e. The van der Waals surface area contributed by atoms with E-state index in [9.17, 15) is 4.79 Å². The summed E-state index contributed by atoms with van der Waals surface area (Å²) in [5.74, 6) is 1.17. The van der Waals surface area contributed by atoms with Crippen LogP contribution in [-0.4, -0.2) is 20.0 Å². The predicted molar refractivity (Wildman–Crippen MR) is 106 cm³/mol. The van der Waals surface area contributed by atoms with E-state index in [1.807, 2.05) is 12.1 Å². The molecule has 0 aliphatic rings. The molecule has 0 aliphatic carbocycles. The maximum absolute atomic E-state index is 12.8. The number of pyridine rings is 1. The second kappa shape index (κ2) is 8.16. The number of rotatable bonds is 4. The lowest BCUT2D eigenvalue weighted by Crippen LogP contribution is -2.24. The Morgan fingerprint density at radius 2 is 1.67 bits per heavy atom. The average Bonchev–Trinajstić information content (AvgIpc) is 2.67. The molecule has 2 aromatic carbocycles. The zero-order valence-corrected chi connectivity index (χ0v) is 15.5. The van der Waals surface area contributed by atoms with Crippen LogP contribution in [0.25, 0.3) is 10.9 Å². The highest BCUT2D eigenvalue weighted by atomic mass is 35.5. The maximum atomic E-state index is 12.8. The molecular formula is C19H14Cl2N4O2. The Morgan fingerprint density at radius 1 is 0.963 bits per heavy atom. The fraction of sp³-hybridized carbons (Fsp3) is 0.0526. The first-order chi connectivity index (χ1) is 12.7. The van der Waals surface area contributed by atoms with Gasteiger partial charge in [-0.05, 0) is 60.2 Å². The van der Waals surface area contributed by atoms with E-state index in [2.05, 4.69) is 15.3 Å². The van der Waals surface area contributed by atoms with E-state index in [4.69, 9.17) is 16.3 Å². The quantitative estimate of drug-likeness (QED) is 0.515. The monoisotopic (exact) mass is 400 g/mol. The van der Waals surface area contributed by atoms with Crippen LogP contribution in [0.15, 0.2) is 71.8 Å².